The normalized spacial score (nSPS) is 20.0. The highest BCUT2D eigenvalue weighted by molar-refractivity contribution is 5.62. The highest BCUT2D eigenvalue weighted by atomic mass is 16.5. The van der Waals surface area contributed by atoms with Gasteiger partial charge in [0, 0.05) is 24.0 Å². The summed E-state index contributed by atoms with van der Waals surface area (Å²) in [6.45, 7) is 0.992. The Morgan fingerprint density at radius 1 is 1.36 bits per heavy atom. The van der Waals surface area contributed by atoms with Crippen molar-refractivity contribution < 1.29 is 9.84 Å². The minimum absolute atomic E-state index is 0.156. The molecule has 1 aliphatic heterocycles. The number of hydrogen-bond donors (Lipinski definition) is 2. The zero-order chi connectivity index (χ0) is 15.4. The predicted octanol–water partition coefficient (Wildman–Crippen LogP) is 3.30. The van der Waals surface area contributed by atoms with Crippen molar-refractivity contribution in [3.63, 3.8) is 0 Å². The highest BCUT2D eigenvalue weighted by Crippen LogP contribution is 2.32. The van der Waals surface area contributed by atoms with Gasteiger partial charge in [-0.05, 0) is 48.7 Å². The molecule has 2 heterocycles. The molecular weight excluding hydrogens is 276 g/mol. The molecule has 1 saturated heterocycles. The molecular formula is C18H20N2O2. The minimum Gasteiger partial charge on any atom is -0.507 e. The molecule has 1 aromatic heterocycles. The number of methoxy groups -OCH3 is 1. The molecule has 22 heavy (non-hydrogen) atoms. The van der Waals surface area contributed by atoms with E-state index in [9.17, 15) is 5.11 Å². The van der Waals surface area contributed by atoms with Crippen LogP contribution < -0.4 is 10.1 Å². The average Bonchev–Trinajstić information content (AvgIpc) is 2.58. The van der Waals surface area contributed by atoms with Gasteiger partial charge in [-0.25, -0.2) is 0 Å². The Balaban J connectivity index is 1.93. The fraction of sp³-hybridized carbons (Fsp3) is 0.278. The van der Waals surface area contributed by atoms with Gasteiger partial charge >= 0.3 is 0 Å². The van der Waals surface area contributed by atoms with Gasteiger partial charge in [0.1, 0.15) is 11.5 Å². The van der Waals surface area contributed by atoms with Crippen LogP contribution in [0.4, 0.5) is 0 Å². The van der Waals surface area contributed by atoms with Crippen LogP contribution in [0.1, 0.15) is 30.0 Å². The molecule has 1 aliphatic rings. The van der Waals surface area contributed by atoms with E-state index in [-0.39, 0.29) is 11.8 Å². The molecule has 1 unspecified atom stereocenters. The summed E-state index contributed by atoms with van der Waals surface area (Å²) in [5.41, 5.74) is 3.23. The lowest BCUT2D eigenvalue weighted by Gasteiger charge is -2.27. The van der Waals surface area contributed by atoms with Crippen LogP contribution in [0.25, 0.3) is 6.08 Å². The number of nitrogens with one attached hydrogen (secondary N) is 1. The van der Waals surface area contributed by atoms with Crippen molar-refractivity contribution in [3.05, 3.63) is 59.4 Å². The maximum atomic E-state index is 10.2. The Bertz CT molecular complexity index is 668. The Labute approximate surface area is 130 Å². The van der Waals surface area contributed by atoms with E-state index in [1.807, 2.05) is 24.4 Å². The molecule has 3 rings (SSSR count). The lowest BCUT2D eigenvalue weighted by molar-refractivity contribution is 0.407. The van der Waals surface area contributed by atoms with E-state index in [0.717, 1.165) is 30.5 Å². The maximum Gasteiger partial charge on any atom is 0.126 e. The maximum absolute atomic E-state index is 10.2. The molecule has 0 bridgehead atoms. The largest absolute Gasteiger partial charge is 0.507 e. The monoisotopic (exact) mass is 296 g/mol. The molecule has 114 valence electrons. The van der Waals surface area contributed by atoms with E-state index in [1.54, 1.807) is 19.4 Å². The van der Waals surface area contributed by atoms with E-state index in [0.29, 0.717) is 5.75 Å². The molecule has 4 heteroatoms. The SMILES string of the molecule is COc1ccc(/C=C2/CCCNC2c2cccnc2)c(O)c1. The van der Waals surface area contributed by atoms with Gasteiger partial charge in [-0.3, -0.25) is 4.98 Å². The number of ether oxygens (including phenoxy) is 1. The van der Waals surface area contributed by atoms with Crippen molar-refractivity contribution in [2.75, 3.05) is 13.7 Å². The van der Waals surface area contributed by atoms with Gasteiger partial charge < -0.3 is 15.2 Å². The van der Waals surface area contributed by atoms with Crippen LogP contribution in [0, 0.1) is 0 Å². The number of hydrogen-bond acceptors (Lipinski definition) is 4. The van der Waals surface area contributed by atoms with Crippen molar-refractivity contribution in [2.45, 2.75) is 18.9 Å². The van der Waals surface area contributed by atoms with Gasteiger partial charge in [0.05, 0.1) is 13.2 Å². The van der Waals surface area contributed by atoms with Crippen LogP contribution in [-0.2, 0) is 0 Å². The number of phenolic OH excluding ortho intramolecular Hbond substituents is 1. The Morgan fingerprint density at radius 2 is 2.27 bits per heavy atom. The molecule has 2 aromatic rings. The molecule has 0 amide bonds. The zero-order valence-electron chi connectivity index (χ0n) is 12.6. The fourth-order valence-corrected chi connectivity index (χ4v) is 2.82. The summed E-state index contributed by atoms with van der Waals surface area (Å²) in [5, 5.41) is 13.7. The standard InChI is InChI=1S/C18H20N2O2/c1-22-16-7-6-13(17(21)11-16)10-14-4-3-9-20-18(14)15-5-2-8-19-12-15/h2,5-8,10-12,18,20-21H,3-4,9H2,1H3/b14-10-. The molecule has 2 N–H and O–H groups in total. The van der Waals surface area contributed by atoms with E-state index < -0.39 is 0 Å². The number of rotatable bonds is 3. The molecule has 1 aromatic carbocycles. The number of aromatic nitrogens is 1. The van der Waals surface area contributed by atoms with Crippen LogP contribution in [0.3, 0.4) is 0 Å². The zero-order valence-corrected chi connectivity index (χ0v) is 12.6. The van der Waals surface area contributed by atoms with Crippen molar-refractivity contribution >= 4 is 6.08 Å². The summed E-state index contributed by atoms with van der Waals surface area (Å²) in [7, 11) is 1.59. The van der Waals surface area contributed by atoms with Crippen molar-refractivity contribution in [1.29, 1.82) is 0 Å². The third-order valence-corrected chi connectivity index (χ3v) is 3.96. The Morgan fingerprint density at radius 3 is 3.00 bits per heavy atom. The number of aromatic hydroxyl groups is 1. The van der Waals surface area contributed by atoms with Gasteiger partial charge in [0.2, 0.25) is 0 Å². The van der Waals surface area contributed by atoms with E-state index >= 15 is 0 Å². The molecule has 1 fully saturated rings. The van der Waals surface area contributed by atoms with Crippen molar-refractivity contribution in [2.24, 2.45) is 0 Å². The van der Waals surface area contributed by atoms with Crippen LogP contribution in [0.2, 0.25) is 0 Å². The van der Waals surface area contributed by atoms with Gasteiger partial charge in [-0.15, -0.1) is 0 Å². The lowest BCUT2D eigenvalue weighted by atomic mass is 9.91. The summed E-state index contributed by atoms with van der Waals surface area (Å²) in [6.07, 6.45) is 7.85. The number of nitrogens with zero attached hydrogens (tertiary/aromatic N) is 1. The average molecular weight is 296 g/mol. The highest BCUT2D eigenvalue weighted by Gasteiger charge is 2.20. The van der Waals surface area contributed by atoms with Crippen molar-refractivity contribution in [3.8, 4) is 11.5 Å². The van der Waals surface area contributed by atoms with Gasteiger partial charge in [-0.1, -0.05) is 12.1 Å². The number of benzene rings is 1. The fourth-order valence-electron chi connectivity index (χ4n) is 2.82. The van der Waals surface area contributed by atoms with Gasteiger partial charge in [0.25, 0.3) is 0 Å². The van der Waals surface area contributed by atoms with E-state index in [2.05, 4.69) is 22.4 Å². The third-order valence-electron chi connectivity index (χ3n) is 3.96. The second-order valence-corrected chi connectivity index (χ2v) is 5.42. The smallest absolute Gasteiger partial charge is 0.126 e. The van der Waals surface area contributed by atoms with E-state index in [4.69, 9.17) is 4.74 Å². The topological polar surface area (TPSA) is 54.4 Å². The first kappa shape index (κ1) is 14.6. The molecule has 0 radical (unpaired) electrons. The van der Waals surface area contributed by atoms with Crippen LogP contribution in [0.15, 0.2) is 48.3 Å². The third kappa shape index (κ3) is 3.12. The van der Waals surface area contributed by atoms with Gasteiger partial charge in [0.15, 0.2) is 0 Å². The lowest BCUT2D eigenvalue weighted by Crippen LogP contribution is -2.28. The van der Waals surface area contributed by atoms with Gasteiger partial charge in [-0.2, -0.15) is 0 Å². The number of phenols is 1. The quantitative estimate of drug-likeness (QED) is 0.912. The Kier molecular flexibility index (Phi) is 4.39. The first-order valence-corrected chi connectivity index (χ1v) is 7.48. The first-order chi connectivity index (χ1) is 10.8. The van der Waals surface area contributed by atoms with Crippen LogP contribution in [0.5, 0.6) is 11.5 Å². The van der Waals surface area contributed by atoms with E-state index in [1.165, 1.54) is 5.57 Å². The summed E-state index contributed by atoms with van der Waals surface area (Å²) in [4.78, 5) is 4.21. The minimum atomic E-state index is 0.156. The molecule has 4 nitrogen and oxygen atoms in total. The van der Waals surface area contributed by atoms with Crippen molar-refractivity contribution in [1.82, 2.24) is 10.3 Å². The molecule has 1 atom stereocenters. The van der Waals surface area contributed by atoms with Crippen LogP contribution >= 0.6 is 0 Å². The molecule has 0 aliphatic carbocycles. The number of piperidine rings is 1. The second kappa shape index (κ2) is 6.62. The predicted molar refractivity (Wildman–Crippen MR) is 86.9 cm³/mol. The summed E-state index contributed by atoms with van der Waals surface area (Å²) < 4.78 is 5.13. The first-order valence-electron chi connectivity index (χ1n) is 7.48. The Hall–Kier alpha value is -2.33. The van der Waals surface area contributed by atoms with Crippen LogP contribution in [-0.4, -0.2) is 23.7 Å². The summed E-state index contributed by atoms with van der Waals surface area (Å²) in [6, 6.07) is 9.58. The molecule has 0 saturated carbocycles. The second-order valence-electron chi connectivity index (χ2n) is 5.42. The molecule has 0 spiro atoms. The number of pyridine rings is 1. The summed E-state index contributed by atoms with van der Waals surface area (Å²) in [5.74, 6) is 0.896. The summed E-state index contributed by atoms with van der Waals surface area (Å²) >= 11 is 0.